The molecule has 3 N–H and O–H groups in total. The predicted molar refractivity (Wildman–Crippen MR) is 122 cm³/mol. The van der Waals surface area contributed by atoms with Gasteiger partial charge in [-0.25, -0.2) is 13.2 Å². The SMILES string of the molecule is CC(C)(C)OC(=O)NCC(=O)N1C[C@H](I)C[C@H]1C(=O)NC1(C(=O)NS(=O)(=O)C2CC2)CC1. The molecular formula is C19H29IN4O7S. The predicted octanol–water partition coefficient (Wildman–Crippen LogP) is 0.173. The number of nitrogens with one attached hydrogen (secondary N) is 3. The van der Waals surface area contributed by atoms with Crippen molar-refractivity contribution in [1.29, 1.82) is 0 Å². The summed E-state index contributed by atoms with van der Waals surface area (Å²) in [5.41, 5.74) is -1.96. The lowest BCUT2D eigenvalue weighted by molar-refractivity contribution is -0.139. The standard InChI is InChI=1S/C19H29IN4O7S/c1-18(2,3)31-17(28)21-9-14(25)24-10-11(20)8-13(24)15(26)22-19(6-7-19)16(27)23-32(29,30)12-4-5-12/h11-13H,4-10H2,1-3H3,(H,21,28)(H,22,26)(H,23,27)/t11-,13+/m1/s1. The van der Waals surface area contributed by atoms with Crippen molar-refractivity contribution in [3.05, 3.63) is 0 Å². The zero-order valence-electron chi connectivity index (χ0n) is 18.3. The number of hydrogen-bond donors (Lipinski definition) is 3. The highest BCUT2D eigenvalue weighted by atomic mass is 127. The number of alkyl carbamates (subject to hydrolysis) is 1. The molecule has 11 nitrogen and oxygen atoms in total. The number of halogens is 1. The van der Waals surface area contributed by atoms with E-state index in [0.717, 1.165) is 0 Å². The summed E-state index contributed by atoms with van der Waals surface area (Å²) < 4.78 is 31.4. The molecule has 0 aromatic rings. The summed E-state index contributed by atoms with van der Waals surface area (Å²) in [6, 6.07) is -0.810. The molecule has 2 atom stereocenters. The molecule has 4 amide bonds. The third kappa shape index (κ3) is 6.23. The van der Waals surface area contributed by atoms with E-state index in [-0.39, 0.29) is 10.5 Å². The van der Waals surface area contributed by atoms with Crippen molar-refractivity contribution >= 4 is 56.4 Å². The quantitative estimate of drug-likeness (QED) is 0.285. The van der Waals surface area contributed by atoms with Gasteiger partial charge in [-0.1, -0.05) is 22.6 Å². The highest BCUT2D eigenvalue weighted by Gasteiger charge is 2.54. The van der Waals surface area contributed by atoms with Crippen LogP contribution in [-0.2, 0) is 29.1 Å². The van der Waals surface area contributed by atoms with Gasteiger partial charge in [-0.2, -0.15) is 0 Å². The summed E-state index contributed by atoms with van der Waals surface area (Å²) >= 11 is 2.14. The Balaban J connectivity index is 1.58. The third-order valence-corrected chi connectivity index (χ3v) is 8.12. The second kappa shape index (κ2) is 8.95. The van der Waals surface area contributed by atoms with Crippen LogP contribution in [0.5, 0.6) is 0 Å². The fraction of sp³-hybridized carbons (Fsp3) is 0.789. The molecule has 1 aliphatic heterocycles. The maximum absolute atomic E-state index is 13.0. The number of rotatable bonds is 7. The van der Waals surface area contributed by atoms with E-state index in [0.29, 0.717) is 38.6 Å². The van der Waals surface area contributed by atoms with Gasteiger partial charge in [0.25, 0.3) is 5.91 Å². The summed E-state index contributed by atoms with van der Waals surface area (Å²) in [7, 11) is -3.71. The Morgan fingerprint density at radius 2 is 1.78 bits per heavy atom. The molecule has 2 saturated carbocycles. The van der Waals surface area contributed by atoms with Crippen molar-refractivity contribution in [2.45, 2.75) is 79.2 Å². The Morgan fingerprint density at radius 3 is 2.31 bits per heavy atom. The van der Waals surface area contributed by atoms with Crippen LogP contribution in [0.2, 0.25) is 0 Å². The summed E-state index contributed by atoms with van der Waals surface area (Å²) in [6.07, 6.45) is 1.37. The maximum atomic E-state index is 13.0. The third-order valence-electron chi connectivity index (χ3n) is 5.40. The molecule has 2 aliphatic carbocycles. The molecule has 0 aromatic heterocycles. The van der Waals surface area contributed by atoms with Crippen LogP contribution in [0.25, 0.3) is 0 Å². The Bertz CT molecular complexity index is 909. The molecule has 1 heterocycles. The van der Waals surface area contributed by atoms with Gasteiger partial charge in [-0.3, -0.25) is 19.1 Å². The van der Waals surface area contributed by atoms with Gasteiger partial charge >= 0.3 is 6.09 Å². The van der Waals surface area contributed by atoms with E-state index >= 15 is 0 Å². The second-order valence-corrected chi connectivity index (χ2v) is 13.2. The minimum absolute atomic E-state index is 0.0213. The van der Waals surface area contributed by atoms with Gasteiger partial charge in [0.2, 0.25) is 21.8 Å². The highest BCUT2D eigenvalue weighted by molar-refractivity contribution is 14.1. The van der Waals surface area contributed by atoms with E-state index < -0.39 is 56.3 Å². The zero-order valence-corrected chi connectivity index (χ0v) is 21.2. The average Bonchev–Trinajstić information content (AvgIpc) is 3.56. The van der Waals surface area contributed by atoms with E-state index in [1.165, 1.54) is 4.90 Å². The van der Waals surface area contributed by atoms with Crippen LogP contribution in [0.1, 0.15) is 52.9 Å². The molecule has 1 saturated heterocycles. The van der Waals surface area contributed by atoms with Gasteiger partial charge in [-0.05, 0) is 52.9 Å². The normalized spacial score (nSPS) is 24.4. The molecule has 0 unspecified atom stereocenters. The fourth-order valence-corrected chi connectivity index (χ4v) is 5.70. The van der Waals surface area contributed by atoms with E-state index in [4.69, 9.17) is 4.74 Å². The molecule has 0 spiro atoms. The van der Waals surface area contributed by atoms with Crippen LogP contribution in [-0.4, -0.2) is 76.6 Å². The number of carbonyl (C=O) groups excluding carboxylic acids is 4. The van der Waals surface area contributed by atoms with Gasteiger partial charge in [-0.15, -0.1) is 0 Å². The van der Waals surface area contributed by atoms with Crippen molar-refractivity contribution in [2.24, 2.45) is 0 Å². The number of carbonyl (C=O) groups is 4. The van der Waals surface area contributed by atoms with Gasteiger partial charge in [0, 0.05) is 10.5 Å². The average molecular weight is 584 g/mol. The number of ether oxygens (including phenoxy) is 1. The van der Waals surface area contributed by atoms with Gasteiger partial charge in [0.1, 0.15) is 23.7 Å². The van der Waals surface area contributed by atoms with Gasteiger partial charge in [0.05, 0.1) is 5.25 Å². The molecule has 32 heavy (non-hydrogen) atoms. The number of sulfonamides is 1. The van der Waals surface area contributed by atoms with E-state index in [2.05, 4.69) is 37.9 Å². The lowest BCUT2D eigenvalue weighted by Crippen LogP contribution is -2.56. The Morgan fingerprint density at radius 1 is 1.16 bits per heavy atom. The molecule has 3 rings (SSSR count). The zero-order chi connectivity index (χ0) is 23.9. The smallest absolute Gasteiger partial charge is 0.408 e. The van der Waals surface area contributed by atoms with Crippen molar-refractivity contribution in [3.8, 4) is 0 Å². The van der Waals surface area contributed by atoms with Crippen molar-refractivity contribution in [3.63, 3.8) is 0 Å². The van der Waals surface area contributed by atoms with Crippen LogP contribution >= 0.6 is 22.6 Å². The molecule has 0 bridgehead atoms. The fourth-order valence-electron chi connectivity index (χ4n) is 3.41. The first kappa shape index (κ1) is 25.0. The number of amides is 4. The molecule has 3 aliphatic rings. The van der Waals surface area contributed by atoms with E-state index in [1.54, 1.807) is 20.8 Å². The number of nitrogens with zero attached hydrogens (tertiary/aromatic N) is 1. The number of likely N-dealkylation sites (tertiary alicyclic amines) is 1. The second-order valence-electron chi connectivity index (χ2n) is 9.50. The van der Waals surface area contributed by atoms with Crippen LogP contribution < -0.4 is 15.4 Å². The lowest BCUT2D eigenvalue weighted by atomic mass is 10.1. The topological polar surface area (TPSA) is 151 Å². The van der Waals surface area contributed by atoms with Crippen LogP contribution in [0.3, 0.4) is 0 Å². The van der Waals surface area contributed by atoms with Gasteiger partial charge < -0.3 is 20.3 Å². The van der Waals surface area contributed by atoms with Crippen LogP contribution in [0.4, 0.5) is 4.79 Å². The van der Waals surface area contributed by atoms with E-state index in [1.807, 2.05) is 0 Å². The minimum Gasteiger partial charge on any atom is -0.444 e. The van der Waals surface area contributed by atoms with Gasteiger partial charge in [0.15, 0.2) is 0 Å². The molecule has 3 fully saturated rings. The van der Waals surface area contributed by atoms with Crippen molar-refractivity contribution < 1.29 is 32.3 Å². The largest absolute Gasteiger partial charge is 0.444 e. The summed E-state index contributed by atoms with van der Waals surface area (Å²) in [5, 5.41) is 4.52. The van der Waals surface area contributed by atoms with E-state index in [9.17, 15) is 27.6 Å². The minimum atomic E-state index is -3.71. The summed E-state index contributed by atoms with van der Waals surface area (Å²) in [6.45, 7) is 5.11. The van der Waals surface area contributed by atoms with Crippen molar-refractivity contribution in [2.75, 3.05) is 13.1 Å². The number of hydrogen-bond acceptors (Lipinski definition) is 7. The number of alkyl halides is 1. The molecule has 0 aromatic carbocycles. The molecule has 0 radical (unpaired) electrons. The first-order valence-corrected chi connectivity index (χ1v) is 13.3. The van der Waals surface area contributed by atoms with Crippen molar-refractivity contribution in [1.82, 2.24) is 20.3 Å². The maximum Gasteiger partial charge on any atom is 0.408 e. The summed E-state index contributed by atoms with van der Waals surface area (Å²) in [5.74, 6) is -1.68. The molecular weight excluding hydrogens is 555 g/mol. The Hall–Kier alpha value is -1.64. The monoisotopic (exact) mass is 584 g/mol. The first-order valence-electron chi connectivity index (χ1n) is 10.5. The molecule has 13 heteroatoms. The Labute approximate surface area is 200 Å². The highest BCUT2D eigenvalue weighted by Crippen LogP contribution is 2.37. The summed E-state index contributed by atoms with van der Waals surface area (Å²) in [4.78, 5) is 51.4. The lowest BCUT2D eigenvalue weighted by Gasteiger charge is -2.26. The van der Waals surface area contributed by atoms with Crippen LogP contribution in [0, 0.1) is 0 Å². The molecule has 180 valence electrons. The Kier molecular flexibility index (Phi) is 6.99. The van der Waals surface area contributed by atoms with Crippen LogP contribution in [0.15, 0.2) is 0 Å². The first-order chi connectivity index (χ1) is 14.7.